The highest BCUT2D eigenvalue weighted by Gasteiger charge is 2.07. The molecule has 0 aliphatic rings. The summed E-state index contributed by atoms with van der Waals surface area (Å²) in [7, 11) is 0. The van der Waals surface area contributed by atoms with E-state index in [2.05, 4.69) is 24.5 Å². The smallest absolute Gasteiger partial charge is 0.262 e. The van der Waals surface area contributed by atoms with E-state index in [0.29, 0.717) is 34.4 Å². The monoisotopic (exact) mass is 524 g/mol. The third-order valence-corrected chi connectivity index (χ3v) is 5.87. The van der Waals surface area contributed by atoms with Gasteiger partial charge in [-0.25, -0.2) is 0 Å². The highest BCUT2D eigenvalue weighted by Crippen LogP contribution is 2.25. The Kier molecular flexibility index (Phi) is 9.56. The Balaban J connectivity index is 1.21. The standard InChI is InChI=1S/C32H32N2O5/c1-3-23-7-5-9-29(19-23)37-21-31(35)33-25-11-15-27(16-12-25)39-28-17-13-26(14-18-28)34-32(36)22-38-30-10-6-8-24(4-2)20-30/h5-20H,3-4,21-22H2,1-2H3,(H,33,35)(H,34,36). The van der Waals surface area contributed by atoms with Crippen LogP contribution in [-0.4, -0.2) is 25.0 Å². The molecule has 0 heterocycles. The van der Waals surface area contributed by atoms with Crippen molar-refractivity contribution in [3.05, 3.63) is 108 Å². The third kappa shape index (κ3) is 8.64. The summed E-state index contributed by atoms with van der Waals surface area (Å²) in [5.74, 6) is 2.07. The van der Waals surface area contributed by atoms with E-state index in [1.165, 1.54) is 0 Å². The van der Waals surface area contributed by atoms with Gasteiger partial charge in [-0.1, -0.05) is 38.1 Å². The first kappa shape index (κ1) is 27.3. The molecule has 200 valence electrons. The highest BCUT2D eigenvalue weighted by atomic mass is 16.5. The van der Waals surface area contributed by atoms with Gasteiger partial charge in [0, 0.05) is 11.4 Å². The van der Waals surface area contributed by atoms with Gasteiger partial charge in [0.1, 0.15) is 23.0 Å². The molecule has 4 aromatic carbocycles. The van der Waals surface area contributed by atoms with Crippen LogP contribution in [0.1, 0.15) is 25.0 Å². The zero-order valence-corrected chi connectivity index (χ0v) is 22.1. The number of rotatable bonds is 12. The largest absolute Gasteiger partial charge is 0.484 e. The molecule has 4 rings (SSSR count). The van der Waals surface area contributed by atoms with E-state index in [1.807, 2.05) is 48.5 Å². The van der Waals surface area contributed by atoms with Crippen molar-refractivity contribution < 1.29 is 23.8 Å². The van der Waals surface area contributed by atoms with Gasteiger partial charge in [0.15, 0.2) is 13.2 Å². The zero-order chi connectivity index (χ0) is 27.5. The maximum absolute atomic E-state index is 12.3. The topological polar surface area (TPSA) is 85.9 Å². The van der Waals surface area contributed by atoms with E-state index in [9.17, 15) is 9.59 Å². The van der Waals surface area contributed by atoms with Crippen molar-refractivity contribution >= 4 is 23.2 Å². The predicted octanol–water partition coefficient (Wildman–Crippen LogP) is 6.64. The van der Waals surface area contributed by atoms with E-state index < -0.39 is 0 Å². The fourth-order valence-corrected chi connectivity index (χ4v) is 3.75. The van der Waals surface area contributed by atoms with Crippen molar-refractivity contribution in [3.63, 3.8) is 0 Å². The van der Waals surface area contributed by atoms with E-state index >= 15 is 0 Å². The zero-order valence-electron chi connectivity index (χ0n) is 22.1. The number of hydrogen-bond donors (Lipinski definition) is 2. The lowest BCUT2D eigenvalue weighted by atomic mass is 10.2. The Morgan fingerprint density at radius 1 is 0.564 bits per heavy atom. The summed E-state index contributed by atoms with van der Waals surface area (Å²) in [5.41, 5.74) is 3.59. The molecule has 0 spiro atoms. The van der Waals surface area contributed by atoms with Gasteiger partial charge in [-0.15, -0.1) is 0 Å². The van der Waals surface area contributed by atoms with Gasteiger partial charge in [0.05, 0.1) is 0 Å². The van der Waals surface area contributed by atoms with E-state index in [4.69, 9.17) is 14.2 Å². The van der Waals surface area contributed by atoms with Crippen LogP contribution in [0, 0.1) is 0 Å². The van der Waals surface area contributed by atoms with Crippen LogP contribution < -0.4 is 24.8 Å². The molecule has 2 amide bonds. The summed E-state index contributed by atoms with van der Waals surface area (Å²) in [4.78, 5) is 24.5. The minimum Gasteiger partial charge on any atom is -0.484 e. The Morgan fingerprint density at radius 3 is 1.36 bits per heavy atom. The minimum absolute atomic E-state index is 0.0769. The molecule has 2 N–H and O–H groups in total. The number of ether oxygens (including phenoxy) is 3. The number of aryl methyl sites for hydroxylation is 2. The van der Waals surface area contributed by atoms with E-state index in [1.54, 1.807) is 48.5 Å². The molecule has 4 aromatic rings. The molecular formula is C32H32N2O5. The molecule has 0 aromatic heterocycles. The predicted molar refractivity (Wildman–Crippen MR) is 153 cm³/mol. The number of anilines is 2. The van der Waals surface area contributed by atoms with Crippen molar-refractivity contribution in [2.24, 2.45) is 0 Å². The van der Waals surface area contributed by atoms with Gasteiger partial charge in [-0.05, 0) is 96.8 Å². The quantitative estimate of drug-likeness (QED) is 0.217. The van der Waals surface area contributed by atoms with Crippen molar-refractivity contribution in [2.45, 2.75) is 26.7 Å². The van der Waals surface area contributed by atoms with Gasteiger partial charge in [-0.3, -0.25) is 9.59 Å². The maximum atomic E-state index is 12.3. The molecule has 0 fully saturated rings. The fraction of sp³-hybridized carbons (Fsp3) is 0.188. The highest BCUT2D eigenvalue weighted by molar-refractivity contribution is 5.92. The lowest BCUT2D eigenvalue weighted by Crippen LogP contribution is -2.20. The summed E-state index contributed by atoms with van der Waals surface area (Å²) >= 11 is 0. The number of benzene rings is 4. The number of carbonyl (C=O) groups excluding carboxylic acids is 2. The van der Waals surface area contributed by atoms with Crippen LogP contribution in [-0.2, 0) is 22.4 Å². The maximum Gasteiger partial charge on any atom is 0.262 e. The summed E-state index contributed by atoms with van der Waals surface area (Å²) in [6, 6.07) is 29.5. The molecule has 0 aliphatic carbocycles. The summed E-state index contributed by atoms with van der Waals surface area (Å²) in [6.45, 7) is 3.99. The van der Waals surface area contributed by atoms with Crippen molar-refractivity contribution in [3.8, 4) is 23.0 Å². The molecule has 39 heavy (non-hydrogen) atoms. The molecule has 7 nitrogen and oxygen atoms in total. The molecule has 0 saturated heterocycles. The Bertz CT molecular complexity index is 1280. The number of hydrogen-bond acceptors (Lipinski definition) is 5. The molecule has 0 saturated carbocycles. The average molecular weight is 525 g/mol. The molecule has 0 atom stereocenters. The van der Waals surface area contributed by atoms with Crippen LogP contribution in [0.25, 0.3) is 0 Å². The van der Waals surface area contributed by atoms with Crippen molar-refractivity contribution in [2.75, 3.05) is 23.8 Å². The van der Waals surface area contributed by atoms with Gasteiger partial charge in [0.25, 0.3) is 11.8 Å². The van der Waals surface area contributed by atoms with Crippen LogP contribution >= 0.6 is 0 Å². The Morgan fingerprint density at radius 2 is 0.974 bits per heavy atom. The minimum atomic E-state index is -0.247. The summed E-state index contributed by atoms with van der Waals surface area (Å²) in [5, 5.41) is 5.63. The Hall–Kier alpha value is -4.78. The van der Waals surface area contributed by atoms with E-state index in [-0.39, 0.29) is 25.0 Å². The first-order valence-electron chi connectivity index (χ1n) is 12.9. The SMILES string of the molecule is CCc1cccc(OCC(=O)Nc2ccc(Oc3ccc(NC(=O)COc4cccc(CC)c4)cc3)cc2)c1. The third-order valence-electron chi connectivity index (χ3n) is 5.87. The van der Waals surface area contributed by atoms with Gasteiger partial charge >= 0.3 is 0 Å². The van der Waals surface area contributed by atoms with Crippen molar-refractivity contribution in [1.29, 1.82) is 0 Å². The second-order valence-corrected chi connectivity index (χ2v) is 8.83. The second-order valence-electron chi connectivity index (χ2n) is 8.83. The van der Waals surface area contributed by atoms with Crippen LogP contribution in [0.3, 0.4) is 0 Å². The van der Waals surface area contributed by atoms with Gasteiger partial charge in [-0.2, -0.15) is 0 Å². The first-order chi connectivity index (χ1) is 19.0. The molecule has 0 unspecified atom stereocenters. The van der Waals surface area contributed by atoms with Crippen LogP contribution in [0.5, 0.6) is 23.0 Å². The fourth-order valence-electron chi connectivity index (χ4n) is 3.75. The lowest BCUT2D eigenvalue weighted by Gasteiger charge is -2.11. The molecule has 0 bridgehead atoms. The van der Waals surface area contributed by atoms with Crippen LogP contribution in [0.2, 0.25) is 0 Å². The summed E-state index contributed by atoms with van der Waals surface area (Å²) < 4.78 is 17.1. The number of nitrogens with one attached hydrogen (secondary N) is 2. The molecule has 0 radical (unpaired) electrons. The molecular weight excluding hydrogens is 492 g/mol. The lowest BCUT2D eigenvalue weighted by molar-refractivity contribution is -0.118. The molecule has 0 aliphatic heterocycles. The average Bonchev–Trinajstić information content (AvgIpc) is 2.97. The Labute approximate surface area is 228 Å². The first-order valence-corrected chi connectivity index (χ1v) is 12.9. The second kappa shape index (κ2) is 13.7. The number of amides is 2. The van der Waals surface area contributed by atoms with Gasteiger partial charge < -0.3 is 24.8 Å². The van der Waals surface area contributed by atoms with Crippen LogP contribution in [0.4, 0.5) is 11.4 Å². The summed E-state index contributed by atoms with van der Waals surface area (Å²) in [6.07, 6.45) is 1.81. The van der Waals surface area contributed by atoms with E-state index in [0.717, 1.165) is 24.0 Å². The molecule has 7 heteroatoms. The normalized spacial score (nSPS) is 10.4. The van der Waals surface area contributed by atoms with Crippen molar-refractivity contribution in [1.82, 2.24) is 0 Å². The van der Waals surface area contributed by atoms with Crippen LogP contribution in [0.15, 0.2) is 97.1 Å². The number of carbonyl (C=O) groups is 2. The van der Waals surface area contributed by atoms with Gasteiger partial charge in [0.2, 0.25) is 0 Å².